The first kappa shape index (κ1) is 38.0. The van der Waals surface area contributed by atoms with E-state index in [2.05, 4.69) is 235 Å². The predicted octanol–water partition coefficient (Wildman–Crippen LogP) is 16.5. The highest BCUT2D eigenvalue weighted by atomic mass is 32.1. The summed E-state index contributed by atoms with van der Waals surface area (Å²) in [4.78, 5) is 16.0. The Morgan fingerprint density at radius 2 is 0.758 bits per heavy atom. The third-order valence-corrected chi connectivity index (χ3v) is 14.0. The number of benzene rings is 10. The molecule has 0 fully saturated rings. The molecule has 0 amide bonds. The van der Waals surface area contributed by atoms with Crippen LogP contribution in [-0.2, 0) is 0 Å². The normalized spacial score (nSPS) is 11.6. The summed E-state index contributed by atoms with van der Waals surface area (Å²) >= 11 is 1.84. The molecule has 0 aliphatic heterocycles. The lowest BCUT2D eigenvalue weighted by molar-refractivity contribution is 1.06. The summed E-state index contributed by atoms with van der Waals surface area (Å²) in [7, 11) is 0. The Morgan fingerprint density at radius 1 is 0.288 bits per heavy atom. The Balaban J connectivity index is 0.979. The Labute approximate surface area is 385 Å². The minimum absolute atomic E-state index is 0.601. The fraction of sp³-hybridized carbons (Fsp3) is 0. The lowest BCUT2D eigenvalue weighted by atomic mass is 10.00. The number of para-hydroxylation sites is 2. The van der Waals surface area contributed by atoms with E-state index in [9.17, 15) is 0 Å². The van der Waals surface area contributed by atoms with E-state index in [4.69, 9.17) is 15.0 Å². The molecular weight excluding hydrogens is 821 g/mol. The minimum atomic E-state index is 0.601. The molecule has 10 aromatic carbocycles. The molecular formula is C61H38N4S. The molecule has 0 saturated heterocycles. The number of thiophene rings is 1. The van der Waals surface area contributed by atoms with Gasteiger partial charge in [0.15, 0.2) is 17.5 Å². The Kier molecular flexibility index (Phi) is 9.00. The predicted molar refractivity (Wildman–Crippen MR) is 277 cm³/mol. The quantitative estimate of drug-likeness (QED) is 0.160. The van der Waals surface area contributed by atoms with E-state index in [0.29, 0.717) is 17.5 Å². The molecule has 3 heterocycles. The topological polar surface area (TPSA) is 43.6 Å². The van der Waals surface area contributed by atoms with Crippen molar-refractivity contribution in [3.05, 3.63) is 231 Å². The molecule has 0 atom stereocenters. The zero-order valence-corrected chi connectivity index (χ0v) is 36.5. The van der Waals surface area contributed by atoms with Gasteiger partial charge in [0.25, 0.3) is 0 Å². The molecule has 0 radical (unpaired) electrons. The SMILES string of the molecule is c1ccc(-c2ccc(-c3nc(-c4ccc(-c5ccc6ccccc6c5)cc4)nc(-c4ccc(-c5ccc6c(c5)sc5ccccc56)cc4)n3)c(-n3c4ccccc4c4ccccc43)c2)cc1. The summed E-state index contributed by atoms with van der Waals surface area (Å²) in [5, 5.41) is 7.43. The largest absolute Gasteiger partial charge is 0.308 e. The number of nitrogens with zero attached hydrogens (tertiary/aromatic N) is 4. The maximum absolute atomic E-state index is 5.36. The monoisotopic (exact) mass is 858 g/mol. The van der Waals surface area contributed by atoms with Gasteiger partial charge < -0.3 is 4.57 Å². The van der Waals surface area contributed by atoms with Crippen molar-refractivity contribution in [2.75, 3.05) is 0 Å². The second-order valence-corrected chi connectivity index (χ2v) is 17.9. The van der Waals surface area contributed by atoms with Gasteiger partial charge in [-0.2, -0.15) is 0 Å². The van der Waals surface area contributed by atoms with E-state index in [-0.39, 0.29) is 0 Å². The van der Waals surface area contributed by atoms with Crippen molar-refractivity contribution in [3.8, 4) is 73.2 Å². The highest BCUT2D eigenvalue weighted by Crippen LogP contribution is 2.40. The molecule has 0 N–H and O–H groups in total. The highest BCUT2D eigenvalue weighted by Gasteiger charge is 2.21. The summed E-state index contributed by atoms with van der Waals surface area (Å²) in [6.45, 7) is 0. The number of aromatic nitrogens is 4. The van der Waals surface area contributed by atoms with E-state index in [0.717, 1.165) is 61.2 Å². The molecule has 0 spiro atoms. The zero-order valence-electron chi connectivity index (χ0n) is 35.6. The maximum atomic E-state index is 5.36. The van der Waals surface area contributed by atoms with Gasteiger partial charge in [0.2, 0.25) is 0 Å². The lowest BCUT2D eigenvalue weighted by Crippen LogP contribution is -2.04. The first-order chi connectivity index (χ1) is 32.7. The number of fused-ring (bicyclic) bond motifs is 7. The fourth-order valence-corrected chi connectivity index (χ4v) is 10.7. The molecule has 0 unspecified atom stereocenters. The molecule has 5 heteroatoms. The van der Waals surface area contributed by atoms with Crippen LogP contribution in [0.5, 0.6) is 0 Å². The van der Waals surface area contributed by atoms with Crippen LogP contribution in [0.25, 0.3) is 126 Å². The van der Waals surface area contributed by atoms with Crippen LogP contribution in [0.3, 0.4) is 0 Å². The smallest absolute Gasteiger partial charge is 0.166 e. The molecule has 0 bridgehead atoms. The van der Waals surface area contributed by atoms with Crippen LogP contribution in [0, 0.1) is 0 Å². The molecule has 308 valence electrons. The van der Waals surface area contributed by atoms with Gasteiger partial charge in [0.1, 0.15) is 0 Å². The van der Waals surface area contributed by atoms with Crippen LogP contribution in [0.4, 0.5) is 0 Å². The van der Waals surface area contributed by atoms with Gasteiger partial charge in [0, 0.05) is 47.6 Å². The van der Waals surface area contributed by atoms with Gasteiger partial charge in [0.05, 0.1) is 16.7 Å². The molecule has 3 aromatic heterocycles. The minimum Gasteiger partial charge on any atom is -0.308 e. The van der Waals surface area contributed by atoms with E-state index < -0.39 is 0 Å². The van der Waals surface area contributed by atoms with Gasteiger partial charge in [-0.15, -0.1) is 11.3 Å². The molecule has 13 rings (SSSR count). The number of hydrogen-bond donors (Lipinski definition) is 0. The second kappa shape index (κ2) is 15.6. The van der Waals surface area contributed by atoms with Crippen molar-refractivity contribution < 1.29 is 0 Å². The summed E-state index contributed by atoms with van der Waals surface area (Å²) in [6.07, 6.45) is 0. The Hall–Kier alpha value is -8.51. The summed E-state index contributed by atoms with van der Waals surface area (Å²) in [6, 6.07) is 82.3. The maximum Gasteiger partial charge on any atom is 0.166 e. The molecule has 0 saturated carbocycles. The molecule has 13 aromatic rings. The van der Waals surface area contributed by atoms with Gasteiger partial charge in [-0.1, -0.05) is 188 Å². The average Bonchev–Trinajstić information content (AvgIpc) is 3.94. The third kappa shape index (κ3) is 6.56. The fourth-order valence-electron chi connectivity index (χ4n) is 9.55. The van der Waals surface area contributed by atoms with Crippen LogP contribution < -0.4 is 0 Å². The average molecular weight is 859 g/mol. The molecule has 0 aliphatic carbocycles. The van der Waals surface area contributed by atoms with E-state index in [1.54, 1.807) is 0 Å². The first-order valence-corrected chi connectivity index (χ1v) is 23.1. The first-order valence-electron chi connectivity index (χ1n) is 22.2. The van der Waals surface area contributed by atoms with E-state index in [1.165, 1.54) is 47.3 Å². The van der Waals surface area contributed by atoms with E-state index in [1.807, 2.05) is 11.3 Å². The molecule has 0 aliphatic rings. The van der Waals surface area contributed by atoms with E-state index >= 15 is 0 Å². The second-order valence-electron chi connectivity index (χ2n) is 16.8. The van der Waals surface area contributed by atoms with Crippen molar-refractivity contribution in [3.63, 3.8) is 0 Å². The Bertz CT molecular complexity index is 3930. The summed E-state index contributed by atoms with van der Waals surface area (Å²) in [5.41, 5.74) is 12.8. The van der Waals surface area contributed by atoms with Crippen molar-refractivity contribution >= 4 is 64.1 Å². The lowest BCUT2D eigenvalue weighted by Gasteiger charge is -2.16. The van der Waals surface area contributed by atoms with Crippen LogP contribution >= 0.6 is 11.3 Å². The van der Waals surface area contributed by atoms with Crippen LogP contribution in [0.2, 0.25) is 0 Å². The van der Waals surface area contributed by atoms with Gasteiger partial charge in [-0.25, -0.2) is 15.0 Å². The standard InChI is InChI=1S/C61H38N4S/c1-2-12-39(13-3-1)47-33-35-53(56(37-47)65-54-19-9-6-16-49(54)50-17-7-10-20-55(50)65)61-63-59(43-27-22-41(23-28-43)46-31-26-40-14-4-5-15-45(40)36-46)62-60(64-61)44-29-24-42(25-30-44)48-32-34-52-51-18-8-11-21-57(51)66-58(52)38-48/h1-38H. The Morgan fingerprint density at radius 3 is 1.45 bits per heavy atom. The number of rotatable bonds is 7. The van der Waals surface area contributed by atoms with Crippen molar-refractivity contribution in [2.24, 2.45) is 0 Å². The third-order valence-electron chi connectivity index (χ3n) is 12.9. The van der Waals surface area contributed by atoms with Gasteiger partial charge >= 0.3 is 0 Å². The molecule has 4 nitrogen and oxygen atoms in total. The van der Waals surface area contributed by atoms with Crippen molar-refractivity contribution in [2.45, 2.75) is 0 Å². The summed E-state index contributed by atoms with van der Waals surface area (Å²) < 4.78 is 4.96. The number of hydrogen-bond acceptors (Lipinski definition) is 4. The van der Waals surface area contributed by atoms with Gasteiger partial charge in [-0.3, -0.25) is 0 Å². The van der Waals surface area contributed by atoms with Crippen LogP contribution in [0.15, 0.2) is 231 Å². The van der Waals surface area contributed by atoms with Crippen molar-refractivity contribution in [1.82, 2.24) is 19.5 Å². The molecule has 66 heavy (non-hydrogen) atoms. The van der Waals surface area contributed by atoms with Crippen LogP contribution in [-0.4, -0.2) is 19.5 Å². The zero-order chi connectivity index (χ0) is 43.6. The van der Waals surface area contributed by atoms with Crippen LogP contribution in [0.1, 0.15) is 0 Å². The highest BCUT2D eigenvalue weighted by molar-refractivity contribution is 7.25. The van der Waals surface area contributed by atoms with Crippen molar-refractivity contribution in [1.29, 1.82) is 0 Å². The van der Waals surface area contributed by atoms with Gasteiger partial charge in [-0.05, 0) is 86.6 Å². The summed E-state index contributed by atoms with van der Waals surface area (Å²) in [5.74, 6) is 1.82.